The number of hydrogen-bond acceptors (Lipinski definition) is 4. The summed E-state index contributed by atoms with van der Waals surface area (Å²) in [6.07, 6.45) is 3.75. The summed E-state index contributed by atoms with van der Waals surface area (Å²) < 4.78 is 0. The fraction of sp³-hybridized carbons (Fsp3) is 0.316. The van der Waals surface area contributed by atoms with Gasteiger partial charge in [0.25, 0.3) is 0 Å². The third kappa shape index (κ3) is 4.35. The van der Waals surface area contributed by atoms with Crippen LogP contribution in [0.3, 0.4) is 0 Å². The number of para-hydroxylation sites is 1. The summed E-state index contributed by atoms with van der Waals surface area (Å²) in [5.41, 5.74) is 2.34. The predicted octanol–water partition coefficient (Wildman–Crippen LogP) is 3.41. The van der Waals surface area contributed by atoms with Gasteiger partial charge >= 0.3 is 6.03 Å². The van der Waals surface area contributed by atoms with Crippen molar-refractivity contribution < 1.29 is 15.0 Å². The van der Waals surface area contributed by atoms with E-state index in [2.05, 4.69) is 15.5 Å². The predicted molar refractivity (Wildman–Crippen MR) is 98.1 cm³/mol. The van der Waals surface area contributed by atoms with Gasteiger partial charge in [0.15, 0.2) is 11.5 Å². The smallest absolute Gasteiger partial charge is 0.319 e. The van der Waals surface area contributed by atoms with Crippen LogP contribution in [0.5, 0.6) is 11.5 Å². The second-order valence-electron chi connectivity index (χ2n) is 6.19. The standard InChI is InChI=1S/C19H23N3O3/c23-17-6-4-5-14(18(17)24)13-20-19(25)21-15-7-9-16(10-8-15)22-11-2-1-3-12-22/h4-10,23-24H,1-3,11-13H2,(H2,20,21,25). The largest absolute Gasteiger partial charge is 0.504 e. The van der Waals surface area contributed by atoms with E-state index in [1.54, 1.807) is 12.1 Å². The Bertz CT molecular complexity index is 725. The zero-order valence-electron chi connectivity index (χ0n) is 14.0. The van der Waals surface area contributed by atoms with Crippen LogP contribution >= 0.6 is 0 Å². The minimum Gasteiger partial charge on any atom is -0.504 e. The van der Waals surface area contributed by atoms with Crippen molar-refractivity contribution in [1.29, 1.82) is 0 Å². The quantitative estimate of drug-likeness (QED) is 0.642. The Labute approximate surface area is 147 Å². The van der Waals surface area contributed by atoms with Gasteiger partial charge in [-0.1, -0.05) is 12.1 Å². The Morgan fingerprint density at radius 2 is 1.72 bits per heavy atom. The van der Waals surface area contributed by atoms with E-state index >= 15 is 0 Å². The Morgan fingerprint density at radius 3 is 2.44 bits per heavy atom. The summed E-state index contributed by atoms with van der Waals surface area (Å²) in [7, 11) is 0. The van der Waals surface area contributed by atoms with Crippen molar-refractivity contribution in [3.05, 3.63) is 48.0 Å². The molecule has 1 fully saturated rings. The van der Waals surface area contributed by atoms with Crippen LogP contribution in [-0.4, -0.2) is 29.3 Å². The molecule has 0 unspecified atom stereocenters. The van der Waals surface area contributed by atoms with Gasteiger partial charge in [-0.3, -0.25) is 0 Å². The first-order valence-electron chi connectivity index (χ1n) is 8.53. The molecule has 4 N–H and O–H groups in total. The Morgan fingerprint density at radius 1 is 1.00 bits per heavy atom. The van der Waals surface area contributed by atoms with Gasteiger partial charge < -0.3 is 25.7 Å². The molecule has 2 aromatic carbocycles. The molecular formula is C19H23N3O3. The zero-order valence-corrected chi connectivity index (χ0v) is 14.0. The number of amides is 2. The number of rotatable bonds is 4. The molecule has 2 aromatic rings. The summed E-state index contributed by atoms with van der Waals surface area (Å²) in [6.45, 7) is 2.29. The van der Waals surface area contributed by atoms with Gasteiger partial charge in [-0.05, 0) is 49.6 Å². The van der Waals surface area contributed by atoms with Crippen LogP contribution in [0.4, 0.5) is 16.2 Å². The number of nitrogens with zero attached hydrogens (tertiary/aromatic N) is 1. The van der Waals surface area contributed by atoms with Gasteiger partial charge in [-0.15, -0.1) is 0 Å². The highest BCUT2D eigenvalue weighted by Gasteiger charge is 2.11. The van der Waals surface area contributed by atoms with Crippen molar-refractivity contribution in [3.63, 3.8) is 0 Å². The Kier molecular flexibility index (Phi) is 5.28. The summed E-state index contributed by atoms with van der Waals surface area (Å²) in [6, 6.07) is 12.1. The number of phenols is 2. The second kappa shape index (κ2) is 7.79. The lowest BCUT2D eigenvalue weighted by Crippen LogP contribution is -2.29. The van der Waals surface area contributed by atoms with Crippen LogP contribution in [0.2, 0.25) is 0 Å². The van der Waals surface area contributed by atoms with E-state index in [0.29, 0.717) is 11.3 Å². The van der Waals surface area contributed by atoms with Crippen LogP contribution in [0, 0.1) is 0 Å². The average molecular weight is 341 g/mol. The molecule has 0 saturated carbocycles. The van der Waals surface area contributed by atoms with Gasteiger partial charge in [-0.2, -0.15) is 0 Å². The van der Waals surface area contributed by atoms with E-state index in [-0.39, 0.29) is 24.1 Å². The van der Waals surface area contributed by atoms with E-state index < -0.39 is 0 Å². The molecule has 0 radical (unpaired) electrons. The topological polar surface area (TPSA) is 84.8 Å². The molecule has 1 saturated heterocycles. The van der Waals surface area contributed by atoms with Crippen molar-refractivity contribution in [3.8, 4) is 11.5 Å². The molecule has 1 aliphatic rings. The van der Waals surface area contributed by atoms with Crippen LogP contribution in [0.15, 0.2) is 42.5 Å². The van der Waals surface area contributed by atoms with Gasteiger partial charge in [0.1, 0.15) is 0 Å². The van der Waals surface area contributed by atoms with Gasteiger partial charge in [0.05, 0.1) is 0 Å². The highest BCUT2D eigenvalue weighted by atomic mass is 16.3. The lowest BCUT2D eigenvalue weighted by molar-refractivity contribution is 0.251. The molecule has 0 aliphatic carbocycles. The number of phenolic OH excluding ortho intramolecular Hbond substituents is 2. The number of nitrogens with one attached hydrogen (secondary N) is 2. The molecule has 0 atom stereocenters. The minimum atomic E-state index is -0.367. The molecule has 6 heteroatoms. The third-order valence-electron chi connectivity index (χ3n) is 4.38. The number of anilines is 2. The van der Waals surface area contributed by atoms with Crippen LogP contribution in [0.1, 0.15) is 24.8 Å². The average Bonchev–Trinajstić information content (AvgIpc) is 2.64. The highest BCUT2D eigenvalue weighted by Crippen LogP contribution is 2.28. The monoisotopic (exact) mass is 341 g/mol. The first-order valence-corrected chi connectivity index (χ1v) is 8.53. The summed E-state index contributed by atoms with van der Waals surface area (Å²) in [5.74, 6) is -0.415. The Hall–Kier alpha value is -2.89. The van der Waals surface area contributed by atoms with Crippen molar-refractivity contribution in [2.45, 2.75) is 25.8 Å². The fourth-order valence-electron chi connectivity index (χ4n) is 2.98. The van der Waals surface area contributed by atoms with E-state index in [0.717, 1.165) is 13.1 Å². The fourth-order valence-corrected chi connectivity index (χ4v) is 2.98. The molecule has 1 heterocycles. The van der Waals surface area contributed by atoms with Crippen molar-refractivity contribution >= 4 is 17.4 Å². The van der Waals surface area contributed by atoms with Crippen molar-refractivity contribution in [2.24, 2.45) is 0 Å². The van der Waals surface area contributed by atoms with E-state index in [1.165, 1.54) is 31.0 Å². The third-order valence-corrected chi connectivity index (χ3v) is 4.38. The molecule has 0 bridgehead atoms. The van der Waals surface area contributed by atoms with Gasteiger partial charge in [0, 0.05) is 36.6 Å². The summed E-state index contributed by atoms with van der Waals surface area (Å²) in [5, 5.41) is 24.6. The minimum absolute atomic E-state index is 0.123. The molecule has 0 aromatic heterocycles. The molecule has 1 aliphatic heterocycles. The maximum Gasteiger partial charge on any atom is 0.319 e. The van der Waals surface area contributed by atoms with Crippen molar-refractivity contribution in [2.75, 3.05) is 23.3 Å². The van der Waals surface area contributed by atoms with Gasteiger partial charge in [0.2, 0.25) is 0 Å². The van der Waals surface area contributed by atoms with E-state index in [9.17, 15) is 15.0 Å². The SMILES string of the molecule is O=C(NCc1cccc(O)c1O)Nc1ccc(N2CCCCC2)cc1. The molecule has 2 amide bonds. The first-order chi connectivity index (χ1) is 12.1. The first kappa shape index (κ1) is 17.0. The number of urea groups is 1. The number of hydrogen-bond donors (Lipinski definition) is 4. The maximum atomic E-state index is 12.0. The Balaban J connectivity index is 1.53. The molecule has 25 heavy (non-hydrogen) atoms. The van der Waals surface area contributed by atoms with E-state index in [4.69, 9.17) is 0 Å². The zero-order chi connectivity index (χ0) is 17.6. The van der Waals surface area contributed by atoms with Crippen LogP contribution in [0.25, 0.3) is 0 Å². The lowest BCUT2D eigenvalue weighted by Gasteiger charge is -2.28. The van der Waals surface area contributed by atoms with Crippen molar-refractivity contribution in [1.82, 2.24) is 5.32 Å². The maximum absolute atomic E-state index is 12.0. The summed E-state index contributed by atoms with van der Waals surface area (Å²) >= 11 is 0. The number of carbonyl (C=O) groups excluding carboxylic acids is 1. The number of carbonyl (C=O) groups is 1. The number of aromatic hydroxyl groups is 2. The number of piperidine rings is 1. The second-order valence-corrected chi connectivity index (χ2v) is 6.19. The normalized spacial score (nSPS) is 14.2. The molecule has 3 rings (SSSR count). The highest BCUT2D eigenvalue weighted by molar-refractivity contribution is 5.89. The molecule has 6 nitrogen and oxygen atoms in total. The lowest BCUT2D eigenvalue weighted by atomic mass is 10.1. The van der Waals surface area contributed by atoms with Crippen LogP contribution in [-0.2, 0) is 6.54 Å². The molecular weight excluding hydrogens is 318 g/mol. The number of benzene rings is 2. The molecule has 132 valence electrons. The van der Waals surface area contributed by atoms with Crippen LogP contribution < -0.4 is 15.5 Å². The summed E-state index contributed by atoms with van der Waals surface area (Å²) in [4.78, 5) is 14.4. The molecule has 0 spiro atoms. The van der Waals surface area contributed by atoms with E-state index in [1.807, 2.05) is 24.3 Å². The van der Waals surface area contributed by atoms with Gasteiger partial charge in [-0.25, -0.2) is 4.79 Å².